The molecule has 3 N–H and O–H groups in total. The average Bonchev–Trinajstić information content (AvgIpc) is 2.79. The van der Waals surface area contributed by atoms with Crippen molar-refractivity contribution in [1.29, 1.82) is 5.26 Å². The Kier molecular flexibility index (Phi) is 7.97. The number of urea groups is 1. The largest absolute Gasteiger partial charge is 0.351 e. The van der Waals surface area contributed by atoms with E-state index < -0.39 is 11.9 Å². The maximum absolute atomic E-state index is 13.5. The number of carbonyl (C=O) groups is 3. The number of nitrogens with zero attached hydrogens (tertiary/aromatic N) is 2. The lowest BCUT2D eigenvalue weighted by Gasteiger charge is -2.33. The summed E-state index contributed by atoms with van der Waals surface area (Å²) in [7, 11) is 0. The molecule has 0 radical (unpaired) electrons. The van der Waals surface area contributed by atoms with E-state index in [9.17, 15) is 18.8 Å². The number of nitriles is 1. The molecule has 8 nitrogen and oxygen atoms in total. The molecule has 33 heavy (non-hydrogen) atoms. The topological polar surface area (TPSA) is 114 Å². The standard InChI is InChI=1S/C24H26FN5O3/c1-16(31)27-22(14-18-3-2-4-19(25)13-18)23(32)28-21-9-11-30(12-10-21)24(33)29-20-7-5-17(15-26)6-8-20/h2-8,13,21-22H,9-12,14H2,1H3,(H,27,31)(H,28,32)(H,29,33). The summed E-state index contributed by atoms with van der Waals surface area (Å²) in [5, 5.41) is 17.2. The summed E-state index contributed by atoms with van der Waals surface area (Å²) in [5.74, 6) is -1.09. The number of nitrogens with one attached hydrogen (secondary N) is 3. The summed E-state index contributed by atoms with van der Waals surface area (Å²) >= 11 is 0. The summed E-state index contributed by atoms with van der Waals surface area (Å²) in [4.78, 5) is 38.6. The fourth-order valence-electron chi connectivity index (χ4n) is 3.71. The zero-order valence-corrected chi connectivity index (χ0v) is 18.3. The van der Waals surface area contributed by atoms with E-state index in [0.717, 1.165) is 0 Å². The Hall–Kier alpha value is -3.93. The van der Waals surface area contributed by atoms with Gasteiger partial charge in [-0.05, 0) is 54.8 Å². The van der Waals surface area contributed by atoms with Crippen LogP contribution in [0.5, 0.6) is 0 Å². The van der Waals surface area contributed by atoms with Gasteiger partial charge in [0.05, 0.1) is 11.6 Å². The second-order valence-electron chi connectivity index (χ2n) is 7.98. The predicted molar refractivity (Wildman–Crippen MR) is 121 cm³/mol. The minimum Gasteiger partial charge on any atom is -0.351 e. The second-order valence-corrected chi connectivity index (χ2v) is 7.98. The van der Waals surface area contributed by atoms with E-state index in [2.05, 4.69) is 16.0 Å². The van der Waals surface area contributed by atoms with Crippen LogP contribution in [0.25, 0.3) is 0 Å². The Bertz CT molecular complexity index is 1040. The minimum absolute atomic E-state index is 0.139. The first-order valence-electron chi connectivity index (χ1n) is 10.7. The molecule has 4 amide bonds. The molecular weight excluding hydrogens is 425 g/mol. The molecule has 3 rings (SSSR count). The van der Waals surface area contributed by atoms with E-state index in [4.69, 9.17) is 5.26 Å². The molecule has 1 unspecified atom stereocenters. The molecule has 2 aromatic rings. The Morgan fingerprint density at radius 1 is 1.15 bits per heavy atom. The van der Waals surface area contributed by atoms with Crippen molar-refractivity contribution in [2.75, 3.05) is 18.4 Å². The molecule has 1 aliphatic heterocycles. The Morgan fingerprint density at radius 3 is 2.45 bits per heavy atom. The number of carbonyl (C=O) groups excluding carboxylic acids is 3. The number of hydrogen-bond donors (Lipinski definition) is 3. The number of likely N-dealkylation sites (tertiary alicyclic amines) is 1. The highest BCUT2D eigenvalue weighted by Gasteiger charge is 2.27. The van der Waals surface area contributed by atoms with Gasteiger partial charge in [-0.1, -0.05) is 12.1 Å². The van der Waals surface area contributed by atoms with Crippen molar-refractivity contribution in [3.8, 4) is 6.07 Å². The molecule has 0 saturated carbocycles. The molecule has 2 aromatic carbocycles. The summed E-state index contributed by atoms with van der Waals surface area (Å²) < 4.78 is 13.5. The van der Waals surface area contributed by atoms with E-state index in [1.165, 1.54) is 19.1 Å². The number of amides is 4. The van der Waals surface area contributed by atoms with Crippen LogP contribution in [0.4, 0.5) is 14.9 Å². The van der Waals surface area contributed by atoms with Gasteiger partial charge in [0.15, 0.2) is 0 Å². The van der Waals surface area contributed by atoms with Gasteiger partial charge in [-0.15, -0.1) is 0 Å². The summed E-state index contributed by atoms with van der Waals surface area (Å²) in [6, 6.07) is 13.4. The molecule has 0 bridgehead atoms. The van der Waals surface area contributed by atoms with E-state index in [0.29, 0.717) is 42.7 Å². The van der Waals surface area contributed by atoms with E-state index in [1.807, 2.05) is 6.07 Å². The number of hydrogen-bond acceptors (Lipinski definition) is 4. The highest BCUT2D eigenvalue weighted by Crippen LogP contribution is 2.15. The number of anilines is 1. The van der Waals surface area contributed by atoms with Gasteiger partial charge in [0.1, 0.15) is 11.9 Å². The van der Waals surface area contributed by atoms with Crippen molar-refractivity contribution in [3.63, 3.8) is 0 Å². The lowest BCUT2D eigenvalue weighted by atomic mass is 10.0. The van der Waals surface area contributed by atoms with Crippen LogP contribution in [0, 0.1) is 17.1 Å². The molecule has 1 saturated heterocycles. The lowest BCUT2D eigenvalue weighted by molar-refractivity contribution is -0.128. The molecule has 0 spiro atoms. The monoisotopic (exact) mass is 451 g/mol. The number of benzene rings is 2. The van der Waals surface area contributed by atoms with E-state index in [1.54, 1.807) is 41.3 Å². The maximum atomic E-state index is 13.5. The smallest absolute Gasteiger partial charge is 0.321 e. The zero-order chi connectivity index (χ0) is 23.8. The van der Waals surface area contributed by atoms with Crippen LogP contribution in [0.2, 0.25) is 0 Å². The maximum Gasteiger partial charge on any atom is 0.321 e. The van der Waals surface area contributed by atoms with Crippen LogP contribution in [0.3, 0.4) is 0 Å². The lowest BCUT2D eigenvalue weighted by Crippen LogP contribution is -2.53. The first-order chi connectivity index (χ1) is 15.8. The third-order valence-electron chi connectivity index (χ3n) is 5.42. The van der Waals surface area contributed by atoms with Crippen LogP contribution in [0.15, 0.2) is 48.5 Å². The fourth-order valence-corrected chi connectivity index (χ4v) is 3.71. The van der Waals surface area contributed by atoms with Crippen LogP contribution in [-0.2, 0) is 16.0 Å². The third-order valence-corrected chi connectivity index (χ3v) is 5.42. The number of halogens is 1. The molecule has 0 aliphatic carbocycles. The summed E-state index contributed by atoms with van der Waals surface area (Å²) in [5.41, 5.74) is 1.72. The van der Waals surface area contributed by atoms with Crippen molar-refractivity contribution in [2.24, 2.45) is 0 Å². The normalized spacial score (nSPS) is 14.6. The molecular formula is C24H26FN5O3. The van der Waals surface area contributed by atoms with Crippen LogP contribution >= 0.6 is 0 Å². The number of rotatable bonds is 6. The van der Waals surface area contributed by atoms with Gasteiger partial charge in [0.2, 0.25) is 11.8 Å². The SMILES string of the molecule is CC(=O)NC(Cc1cccc(F)c1)C(=O)NC1CCN(C(=O)Nc2ccc(C#N)cc2)CC1. The molecule has 1 aliphatic rings. The average molecular weight is 452 g/mol. The summed E-state index contributed by atoms with van der Waals surface area (Å²) in [6.07, 6.45) is 1.31. The molecule has 1 atom stereocenters. The van der Waals surface area contributed by atoms with Crippen molar-refractivity contribution in [3.05, 3.63) is 65.5 Å². The Balaban J connectivity index is 1.51. The van der Waals surface area contributed by atoms with Crippen molar-refractivity contribution in [1.82, 2.24) is 15.5 Å². The molecule has 172 valence electrons. The second kappa shape index (κ2) is 11.1. The van der Waals surface area contributed by atoms with Crippen molar-refractivity contribution < 1.29 is 18.8 Å². The zero-order valence-electron chi connectivity index (χ0n) is 18.3. The van der Waals surface area contributed by atoms with Gasteiger partial charge in [-0.3, -0.25) is 9.59 Å². The van der Waals surface area contributed by atoms with Crippen LogP contribution < -0.4 is 16.0 Å². The van der Waals surface area contributed by atoms with Crippen molar-refractivity contribution in [2.45, 2.75) is 38.3 Å². The molecule has 1 heterocycles. The van der Waals surface area contributed by atoms with E-state index in [-0.39, 0.29) is 30.3 Å². The first kappa shape index (κ1) is 23.7. The molecule has 1 fully saturated rings. The van der Waals surface area contributed by atoms with Gasteiger partial charge >= 0.3 is 6.03 Å². The van der Waals surface area contributed by atoms with E-state index >= 15 is 0 Å². The third kappa shape index (κ3) is 7.04. The highest BCUT2D eigenvalue weighted by atomic mass is 19.1. The van der Waals surface area contributed by atoms with Gasteiger partial charge < -0.3 is 20.9 Å². The quantitative estimate of drug-likeness (QED) is 0.626. The van der Waals surface area contributed by atoms with Gasteiger partial charge in [0.25, 0.3) is 0 Å². The highest BCUT2D eigenvalue weighted by molar-refractivity contribution is 5.89. The van der Waals surface area contributed by atoms with Gasteiger partial charge in [-0.2, -0.15) is 5.26 Å². The Morgan fingerprint density at radius 2 is 1.85 bits per heavy atom. The Labute approximate surface area is 191 Å². The van der Waals surface area contributed by atoms with Crippen LogP contribution in [-0.4, -0.2) is 47.9 Å². The van der Waals surface area contributed by atoms with Gasteiger partial charge in [-0.25, -0.2) is 9.18 Å². The van der Waals surface area contributed by atoms with Gasteiger partial charge in [0, 0.05) is 38.2 Å². The predicted octanol–water partition coefficient (Wildman–Crippen LogP) is 2.56. The van der Waals surface area contributed by atoms with Crippen LogP contribution in [0.1, 0.15) is 30.9 Å². The van der Waals surface area contributed by atoms with Crippen molar-refractivity contribution >= 4 is 23.5 Å². The fraction of sp³-hybridized carbons (Fsp3) is 0.333. The molecule has 0 aromatic heterocycles. The number of piperidine rings is 1. The summed E-state index contributed by atoms with van der Waals surface area (Å²) in [6.45, 7) is 2.25. The minimum atomic E-state index is -0.818. The first-order valence-corrected chi connectivity index (χ1v) is 10.7. The molecule has 9 heteroatoms.